The molecule has 2 aromatic heterocycles. The van der Waals surface area contributed by atoms with Crippen LogP contribution in [0.3, 0.4) is 0 Å². The highest BCUT2D eigenvalue weighted by atomic mass is 32.1. The molecule has 2 aliphatic heterocycles. The Morgan fingerprint density at radius 2 is 2.46 bits per heavy atom. The lowest BCUT2D eigenvalue weighted by Gasteiger charge is -2.27. The van der Waals surface area contributed by atoms with Gasteiger partial charge in [-0.05, 0) is 34.5 Å². The highest BCUT2D eigenvalue weighted by Crippen LogP contribution is 2.41. The van der Waals surface area contributed by atoms with Crippen molar-refractivity contribution in [1.82, 2.24) is 9.88 Å². The van der Waals surface area contributed by atoms with Crippen LogP contribution in [-0.4, -0.2) is 48.7 Å². The molecule has 0 unspecified atom stereocenters. The Kier molecular flexibility index (Phi) is 4.24. The minimum atomic E-state index is -0.0971. The van der Waals surface area contributed by atoms with Gasteiger partial charge in [-0.3, -0.25) is 9.78 Å². The Balaban J connectivity index is 1.42. The average Bonchev–Trinajstić information content (AvgIpc) is 3.29. The summed E-state index contributed by atoms with van der Waals surface area (Å²) in [6.45, 7) is 3.39. The van der Waals surface area contributed by atoms with Crippen molar-refractivity contribution in [3.63, 3.8) is 0 Å². The first-order valence-electron chi connectivity index (χ1n) is 8.15. The molecule has 0 saturated carbocycles. The number of carbonyl (C=O) groups excluding carboxylic acids is 1. The molecule has 2 saturated heterocycles. The number of likely N-dealkylation sites (tertiary alicyclic amines) is 1. The Bertz CT molecular complexity index is 692. The summed E-state index contributed by atoms with van der Waals surface area (Å²) >= 11 is 1.63. The fourth-order valence-corrected chi connectivity index (χ4v) is 4.23. The predicted octanol–water partition coefficient (Wildman–Crippen LogP) is 2.24. The summed E-state index contributed by atoms with van der Waals surface area (Å²) in [4.78, 5) is 18.7. The minimum absolute atomic E-state index is 0.0971. The maximum absolute atomic E-state index is 12.6. The van der Waals surface area contributed by atoms with Gasteiger partial charge in [0.15, 0.2) is 0 Å². The molecule has 2 atom stereocenters. The fraction of sp³-hybridized carbons (Fsp3) is 0.444. The van der Waals surface area contributed by atoms with Crippen LogP contribution in [0.2, 0.25) is 0 Å². The van der Waals surface area contributed by atoms with E-state index in [9.17, 15) is 4.79 Å². The Hall–Kier alpha value is -1.92. The van der Waals surface area contributed by atoms with Gasteiger partial charge in [0.2, 0.25) is 5.91 Å². The lowest BCUT2D eigenvalue weighted by molar-refractivity contribution is -0.130. The summed E-state index contributed by atoms with van der Waals surface area (Å²) < 4.78 is 11.7. The van der Waals surface area contributed by atoms with Crippen molar-refractivity contribution >= 4 is 17.2 Å². The van der Waals surface area contributed by atoms with Gasteiger partial charge >= 0.3 is 0 Å². The summed E-state index contributed by atoms with van der Waals surface area (Å²) in [5.74, 6) is 1.31. The topological polar surface area (TPSA) is 51.7 Å². The van der Waals surface area contributed by atoms with Crippen molar-refractivity contribution in [1.29, 1.82) is 0 Å². The molecule has 2 aromatic rings. The zero-order chi connectivity index (χ0) is 16.4. The number of pyridine rings is 1. The van der Waals surface area contributed by atoms with E-state index in [0.717, 1.165) is 17.9 Å². The molecule has 4 heterocycles. The average molecular weight is 344 g/mol. The van der Waals surface area contributed by atoms with Gasteiger partial charge in [0, 0.05) is 25.2 Å². The van der Waals surface area contributed by atoms with Gasteiger partial charge in [-0.1, -0.05) is 0 Å². The Labute approximate surface area is 145 Å². The standard InChI is InChI=1S/C18H20N2O3S/c21-17(6-14-3-5-24-10-14)20-8-15-9-22-12-18(15,11-20)13-23-16-2-1-4-19-7-16/h1-5,7,10,15H,6,8-9,11-13H2/t15-,18+/m1/s1. The highest BCUT2D eigenvalue weighted by molar-refractivity contribution is 7.08. The third kappa shape index (κ3) is 3.03. The molecule has 0 N–H and O–H groups in total. The number of nitrogens with zero attached hydrogens (tertiary/aromatic N) is 2. The van der Waals surface area contributed by atoms with Crippen LogP contribution < -0.4 is 4.74 Å². The van der Waals surface area contributed by atoms with Gasteiger partial charge in [-0.15, -0.1) is 0 Å². The second kappa shape index (κ2) is 6.53. The van der Waals surface area contributed by atoms with Gasteiger partial charge in [0.1, 0.15) is 5.75 Å². The van der Waals surface area contributed by atoms with Gasteiger partial charge < -0.3 is 14.4 Å². The van der Waals surface area contributed by atoms with Gasteiger partial charge in [0.05, 0.1) is 37.9 Å². The van der Waals surface area contributed by atoms with Crippen molar-refractivity contribution < 1.29 is 14.3 Å². The molecular formula is C18H20N2O3S. The largest absolute Gasteiger partial charge is 0.491 e. The summed E-state index contributed by atoms with van der Waals surface area (Å²) in [6.07, 6.45) is 3.93. The SMILES string of the molecule is O=C(Cc1ccsc1)N1C[C@@H]2COC[C@]2(COc2cccnc2)C1. The molecule has 1 amide bonds. The number of aromatic nitrogens is 1. The third-order valence-corrected chi connectivity index (χ3v) is 5.70. The fourth-order valence-electron chi connectivity index (χ4n) is 3.57. The molecule has 2 fully saturated rings. The molecule has 126 valence electrons. The first-order valence-corrected chi connectivity index (χ1v) is 9.09. The van der Waals surface area contributed by atoms with Gasteiger partial charge in [0.25, 0.3) is 0 Å². The zero-order valence-corrected chi connectivity index (χ0v) is 14.2. The maximum atomic E-state index is 12.6. The predicted molar refractivity (Wildman–Crippen MR) is 91.1 cm³/mol. The van der Waals surface area contributed by atoms with E-state index in [-0.39, 0.29) is 11.3 Å². The molecule has 0 aromatic carbocycles. The van der Waals surface area contributed by atoms with Crippen LogP contribution in [0.25, 0.3) is 0 Å². The summed E-state index contributed by atoms with van der Waals surface area (Å²) in [5.41, 5.74) is 0.999. The lowest BCUT2D eigenvalue weighted by Crippen LogP contribution is -2.38. The van der Waals surface area contributed by atoms with Crippen LogP contribution in [0.1, 0.15) is 5.56 Å². The third-order valence-electron chi connectivity index (χ3n) is 4.97. The molecule has 2 aliphatic rings. The molecular weight excluding hydrogens is 324 g/mol. The molecule has 6 heteroatoms. The van der Waals surface area contributed by atoms with Gasteiger partial charge in [-0.25, -0.2) is 0 Å². The number of ether oxygens (including phenoxy) is 2. The van der Waals surface area contributed by atoms with E-state index in [2.05, 4.69) is 4.98 Å². The van der Waals surface area contributed by atoms with Gasteiger partial charge in [-0.2, -0.15) is 11.3 Å². The normalized spacial score (nSPS) is 25.7. The van der Waals surface area contributed by atoms with E-state index in [1.54, 1.807) is 23.7 Å². The smallest absolute Gasteiger partial charge is 0.227 e. The molecule has 0 spiro atoms. The minimum Gasteiger partial charge on any atom is -0.491 e. The van der Waals surface area contributed by atoms with E-state index in [0.29, 0.717) is 38.7 Å². The Morgan fingerprint density at radius 3 is 3.25 bits per heavy atom. The number of hydrogen-bond donors (Lipinski definition) is 0. The first-order chi connectivity index (χ1) is 11.8. The maximum Gasteiger partial charge on any atom is 0.227 e. The summed E-state index contributed by atoms with van der Waals surface area (Å²) in [7, 11) is 0. The molecule has 0 bridgehead atoms. The number of rotatable bonds is 5. The second-order valence-corrected chi connectivity index (χ2v) is 7.41. The van der Waals surface area contributed by atoms with E-state index in [1.807, 2.05) is 33.9 Å². The van der Waals surface area contributed by atoms with Crippen molar-refractivity contribution in [2.45, 2.75) is 6.42 Å². The molecule has 4 rings (SSSR count). The molecule has 0 aliphatic carbocycles. The number of hydrogen-bond acceptors (Lipinski definition) is 5. The van der Waals surface area contributed by atoms with E-state index in [1.165, 1.54) is 0 Å². The van der Waals surface area contributed by atoms with Crippen LogP contribution in [0.4, 0.5) is 0 Å². The van der Waals surface area contributed by atoms with Crippen LogP contribution >= 0.6 is 11.3 Å². The first kappa shape index (κ1) is 15.6. The lowest BCUT2D eigenvalue weighted by atomic mass is 9.82. The number of fused-ring (bicyclic) bond motifs is 1. The zero-order valence-electron chi connectivity index (χ0n) is 13.4. The molecule has 0 radical (unpaired) electrons. The van der Waals surface area contributed by atoms with E-state index in [4.69, 9.17) is 9.47 Å². The summed E-state index contributed by atoms with van der Waals surface area (Å²) in [5, 5.41) is 4.05. The monoisotopic (exact) mass is 344 g/mol. The van der Waals surface area contributed by atoms with Crippen molar-refractivity contribution in [2.75, 3.05) is 32.9 Å². The second-order valence-electron chi connectivity index (χ2n) is 6.63. The van der Waals surface area contributed by atoms with Crippen LogP contribution in [0.15, 0.2) is 41.4 Å². The van der Waals surface area contributed by atoms with E-state index >= 15 is 0 Å². The van der Waals surface area contributed by atoms with E-state index < -0.39 is 0 Å². The van der Waals surface area contributed by atoms with Crippen molar-refractivity contribution in [3.8, 4) is 5.75 Å². The number of carbonyl (C=O) groups is 1. The van der Waals surface area contributed by atoms with Crippen LogP contribution in [-0.2, 0) is 16.0 Å². The number of amides is 1. The molecule has 5 nitrogen and oxygen atoms in total. The number of thiophene rings is 1. The Morgan fingerprint density at radius 1 is 1.50 bits per heavy atom. The molecule has 24 heavy (non-hydrogen) atoms. The van der Waals surface area contributed by atoms with Crippen LogP contribution in [0.5, 0.6) is 5.75 Å². The highest BCUT2D eigenvalue weighted by Gasteiger charge is 2.52. The van der Waals surface area contributed by atoms with Crippen LogP contribution in [0, 0.1) is 11.3 Å². The summed E-state index contributed by atoms with van der Waals surface area (Å²) in [6, 6.07) is 5.79. The van der Waals surface area contributed by atoms with Crippen molar-refractivity contribution in [3.05, 3.63) is 46.9 Å². The van der Waals surface area contributed by atoms with Crippen molar-refractivity contribution in [2.24, 2.45) is 11.3 Å². The quantitative estimate of drug-likeness (QED) is 0.835.